The molecule has 1 atom stereocenters. The number of ether oxygens (including phenoxy) is 1. The molecule has 0 heterocycles. The van der Waals surface area contributed by atoms with Gasteiger partial charge in [0.2, 0.25) is 0 Å². The summed E-state index contributed by atoms with van der Waals surface area (Å²) in [5.74, 6) is 0.0395. The van der Waals surface area contributed by atoms with Gasteiger partial charge in [0.15, 0.2) is 0 Å². The van der Waals surface area contributed by atoms with Crippen molar-refractivity contribution in [3.05, 3.63) is 63.4 Å². The minimum Gasteiger partial charge on any atom is -0.489 e. The average Bonchev–Trinajstić information content (AvgIpc) is 2.39. The zero-order chi connectivity index (χ0) is 14.7. The van der Waals surface area contributed by atoms with Crippen LogP contribution >= 0.6 is 23.2 Å². The Bertz CT molecular complexity index is 617. The molecule has 0 aromatic heterocycles. The molecule has 2 rings (SSSR count). The van der Waals surface area contributed by atoms with Crippen LogP contribution in [0.2, 0.25) is 10.0 Å². The quantitative estimate of drug-likeness (QED) is 0.885. The standard InChI is InChI=1S/C15H14Cl2FNO/c1-9(19)13-4-3-12(7-15(13)18)20-8-10-6-11(16)2-5-14(10)17/h2-7,9H,8,19H2,1H3/t9-/m1/s1. The van der Waals surface area contributed by atoms with Crippen molar-refractivity contribution in [2.75, 3.05) is 0 Å². The molecule has 0 bridgehead atoms. The van der Waals surface area contributed by atoms with Crippen LogP contribution in [0, 0.1) is 5.82 Å². The first-order valence-corrected chi connectivity index (χ1v) is 6.84. The molecule has 0 fully saturated rings. The monoisotopic (exact) mass is 313 g/mol. The highest BCUT2D eigenvalue weighted by Gasteiger charge is 2.09. The largest absolute Gasteiger partial charge is 0.489 e. The van der Waals surface area contributed by atoms with E-state index in [-0.39, 0.29) is 18.5 Å². The highest BCUT2D eigenvalue weighted by Crippen LogP contribution is 2.24. The number of nitrogens with two attached hydrogens (primary N) is 1. The van der Waals surface area contributed by atoms with Gasteiger partial charge in [0.25, 0.3) is 0 Å². The summed E-state index contributed by atoms with van der Waals surface area (Å²) < 4.78 is 19.3. The zero-order valence-corrected chi connectivity index (χ0v) is 12.4. The molecule has 0 amide bonds. The number of rotatable bonds is 4. The maximum Gasteiger partial charge on any atom is 0.131 e. The Morgan fingerprint density at radius 2 is 1.95 bits per heavy atom. The molecule has 0 radical (unpaired) electrons. The van der Waals surface area contributed by atoms with Crippen LogP contribution in [-0.2, 0) is 6.61 Å². The Labute approximate surface area is 127 Å². The third-order valence-electron chi connectivity index (χ3n) is 2.86. The molecule has 106 valence electrons. The molecule has 0 saturated heterocycles. The predicted molar refractivity (Wildman–Crippen MR) is 79.8 cm³/mol. The van der Waals surface area contributed by atoms with Crippen molar-refractivity contribution in [3.63, 3.8) is 0 Å². The third-order valence-corrected chi connectivity index (χ3v) is 3.47. The molecule has 0 saturated carbocycles. The zero-order valence-electron chi connectivity index (χ0n) is 10.9. The van der Waals surface area contributed by atoms with E-state index >= 15 is 0 Å². The van der Waals surface area contributed by atoms with Gasteiger partial charge in [0.05, 0.1) is 0 Å². The van der Waals surface area contributed by atoms with Crippen molar-refractivity contribution in [2.45, 2.75) is 19.6 Å². The van der Waals surface area contributed by atoms with Crippen LogP contribution in [0.3, 0.4) is 0 Å². The van der Waals surface area contributed by atoms with E-state index in [2.05, 4.69) is 0 Å². The summed E-state index contributed by atoms with van der Waals surface area (Å²) >= 11 is 11.9. The van der Waals surface area contributed by atoms with Gasteiger partial charge in [-0.2, -0.15) is 0 Å². The van der Waals surface area contributed by atoms with Gasteiger partial charge in [-0.1, -0.05) is 29.3 Å². The molecule has 0 aliphatic heterocycles. The van der Waals surface area contributed by atoms with Gasteiger partial charge in [0.1, 0.15) is 18.2 Å². The fourth-order valence-electron chi connectivity index (χ4n) is 1.78. The second-order valence-corrected chi connectivity index (χ2v) is 5.34. The molecule has 20 heavy (non-hydrogen) atoms. The van der Waals surface area contributed by atoms with Crippen molar-refractivity contribution in [2.24, 2.45) is 5.73 Å². The van der Waals surface area contributed by atoms with E-state index in [9.17, 15) is 4.39 Å². The molecule has 0 unspecified atom stereocenters. The lowest BCUT2D eigenvalue weighted by atomic mass is 10.1. The topological polar surface area (TPSA) is 35.2 Å². The Morgan fingerprint density at radius 1 is 1.20 bits per heavy atom. The molecule has 5 heteroatoms. The lowest BCUT2D eigenvalue weighted by Crippen LogP contribution is -2.07. The first-order valence-electron chi connectivity index (χ1n) is 6.09. The summed E-state index contributed by atoms with van der Waals surface area (Å²) in [5.41, 5.74) is 6.86. The van der Waals surface area contributed by atoms with Crippen LogP contribution in [0.5, 0.6) is 5.75 Å². The average molecular weight is 314 g/mol. The number of benzene rings is 2. The lowest BCUT2D eigenvalue weighted by molar-refractivity contribution is 0.304. The third kappa shape index (κ3) is 3.63. The first kappa shape index (κ1) is 15.1. The maximum atomic E-state index is 13.8. The van der Waals surface area contributed by atoms with E-state index in [0.29, 0.717) is 21.4 Å². The molecule has 2 nitrogen and oxygen atoms in total. The van der Waals surface area contributed by atoms with Crippen molar-refractivity contribution >= 4 is 23.2 Å². The number of hydrogen-bond acceptors (Lipinski definition) is 2. The molecule has 2 aromatic rings. The van der Waals surface area contributed by atoms with Crippen molar-refractivity contribution < 1.29 is 9.13 Å². The second kappa shape index (κ2) is 6.44. The molecule has 0 spiro atoms. The molecule has 2 aromatic carbocycles. The SMILES string of the molecule is C[C@@H](N)c1ccc(OCc2cc(Cl)ccc2Cl)cc1F. The minimum absolute atomic E-state index is 0.219. The Kier molecular flexibility index (Phi) is 4.86. The summed E-state index contributed by atoms with van der Waals surface area (Å²) in [7, 11) is 0. The minimum atomic E-state index is -0.380. The number of hydrogen-bond donors (Lipinski definition) is 1. The van der Waals surface area contributed by atoms with Crippen molar-refractivity contribution in [3.8, 4) is 5.75 Å². The molecule has 2 N–H and O–H groups in total. The van der Waals surface area contributed by atoms with Crippen LogP contribution < -0.4 is 10.5 Å². The smallest absolute Gasteiger partial charge is 0.131 e. The van der Waals surface area contributed by atoms with Crippen LogP contribution in [0.1, 0.15) is 24.1 Å². The summed E-state index contributed by atoms with van der Waals surface area (Å²) in [6.07, 6.45) is 0. The van der Waals surface area contributed by atoms with Crippen LogP contribution in [-0.4, -0.2) is 0 Å². The van der Waals surface area contributed by atoms with Gasteiger partial charge in [0, 0.05) is 33.3 Å². The fourth-order valence-corrected chi connectivity index (χ4v) is 2.15. The van der Waals surface area contributed by atoms with Crippen LogP contribution in [0.4, 0.5) is 4.39 Å². The molecule has 0 aliphatic rings. The fraction of sp³-hybridized carbons (Fsp3) is 0.200. The van der Waals surface area contributed by atoms with E-state index < -0.39 is 0 Å². The van der Waals surface area contributed by atoms with Gasteiger partial charge in [-0.05, 0) is 31.2 Å². The molecule has 0 aliphatic carbocycles. The van der Waals surface area contributed by atoms with E-state index in [4.69, 9.17) is 33.7 Å². The highest BCUT2D eigenvalue weighted by molar-refractivity contribution is 6.33. The summed E-state index contributed by atoms with van der Waals surface area (Å²) in [6.45, 7) is 1.95. The maximum absolute atomic E-state index is 13.8. The van der Waals surface area contributed by atoms with Crippen LogP contribution in [0.15, 0.2) is 36.4 Å². The molecular formula is C15H14Cl2FNO. The van der Waals surface area contributed by atoms with E-state index in [0.717, 1.165) is 5.56 Å². The van der Waals surface area contributed by atoms with E-state index in [1.165, 1.54) is 6.07 Å². The van der Waals surface area contributed by atoms with E-state index in [1.807, 2.05) is 0 Å². The van der Waals surface area contributed by atoms with Gasteiger partial charge in [-0.3, -0.25) is 0 Å². The highest BCUT2D eigenvalue weighted by atomic mass is 35.5. The van der Waals surface area contributed by atoms with Crippen molar-refractivity contribution in [1.82, 2.24) is 0 Å². The Balaban J connectivity index is 2.11. The predicted octanol–water partition coefficient (Wildman–Crippen LogP) is 4.73. The second-order valence-electron chi connectivity index (χ2n) is 4.50. The van der Waals surface area contributed by atoms with Gasteiger partial charge in [-0.25, -0.2) is 4.39 Å². The Hall–Kier alpha value is -1.29. The summed E-state index contributed by atoms with van der Waals surface area (Å²) in [4.78, 5) is 0. The molecular weight excluding hydrogens is 300 g/mol. The number of halogens is 3. The summed E-state index contributed by atoms with van der Waals surface area (Å²) in [6, 6.07) is 9.38. The van der Waals surface area contributed by atoms with Gasteiger partial charge < -0.3 is 10.5 Å². The van der Waals surface area contributed by atoms with E-state index in [1.54, 1.807) is 37.3 Å². The van der Waals surface area contributed by atoms with Gasteiger partial charge in [-0.15, -0.1) is 0 Å². The lowest BCUT2D eigenvalue weighted by Gasteiger charge is -2.11. The summed E-state index contributed by atoms with van der Waals surface area (Å²) in [5, 5.41) is 1.13. The Morgan fingerprint density at radius 3 is 2.60 bits per heavy atom. The normalized spacial score (nSPS) is 12.2. The van der Waals surface area contributed by atoms with Crippen molar-refractivity contribution in [1.29, 1.82) is 0 Å². The van der Waals surface area contributed by atoms with Crippen LogP contribution in [0.25, 0.3) is 0 Å². The first-order chi connectivity index (χ1) is 9.47. The van der Waals surface area contributed by atoms with Gasteiger partial charge >= 0.3 is 0 Å².